The van der Waals surface area contributed by atoms with Crippen molar-refractivity contribution in [2.75, 3.05) is 0 Å². The Morgan fingerprint density at radius 1 is 1.22 bits per heavy atom. The fraction of sp³-hybridized carbons (Fsp3) is 0.143. The molecule has 0 saturated carbocycles. The molecule has 2 rings (SSSR count). The summed E-state index contributed by atoms with van der Waals surface area (Å²) in [6.07, 6.45) is 3.38. The van der Waals surface area contributed by atoms with Gasteiger partial charge >= 0.3 is 0 Å². The zero-order valence-electron chi connectivity index (χ0n) is 9.84. The number of aryl methyl sites for hydroxylation is 1. The molecule has 0 radical (unpaired) electrons. The third-order valence-electron chi connectivity index (χ3n) is 2.53. The first-order valence-electron chi connectivity index (χ1n) is 5.33. The standard InChI is InChI=1S/C14H12BrNO.BrH/c1-10-3-2-4-12(9-10)14(17)13(15)11-5-7-16-8-6-11;/h2-9,13H,1H3;1H. The Hall–Kier alpha value is -1.00. The van der Waals surface area contributed by atoms with E-state index < -0.39 is 0 Å². The maximum absolute atomic E-state index is 12.2. The highest BCUT2D eigenvalue weighted by molar-refractivity contribution is 9.09. The predicted octanol–water partition coefficient (Wildman–Crippen LogP) is 4.29. The van der Waals surface area contributed by atoms with E-state index in [1.54, 1.807) is 12.4 Å². The second-order valence-corrected chi connectivity index (χ2v) is 4.79. The summed E-state index contributed by atoms with van der Waals surface area (Å²) in [7, 11) is 0. The van der Waals surface area contributed by atoms with Crippen LogP contribution in [-0.4, -0.2) is 10.8 Å². The van der Waals surface area contributed by atoms with E-state index in [4.69, 9.17) is 0 Å². The molecule has 1 unspecified atom stereocenters. The molecular weight excluding hydrogens is 358 g/mol. The predicted molar refractivity (Wildman–Crippen MR) is 81.7 cm³/mol. The number of halogens is 2. The summed E-state index contributed by atoms with van der Waals surface area (Å²) in [4.78, 5) is 15.9. The van der Waals surface area contributed by atoms with Crippen LogP contribution in [0.4, 0.5) is 0 Å². The van der Waals surface area contributed by atoms with Crippen molar-refractivity contribution < 1.29 is 4.79 Å². The summed E-state index contributed by atoms with van der Waals surface area (Å²) in [5.41, 5.74) is 2.74. The van der Waals surface area contributed by atoms with Gasteiger partial charge in [-0.05, 0) is 30.7 Å². The maximum Gasteiger partial charge on any atom is 0.180 e. The number of ketones is 1. The molecule has 0 aliphatic carbocycles. The molecule has 0 spiro atoms. The molecule has 0 bridgehead atoms. The molecule has 18 heavy (non-hydrogen) atoms. The third-order valence-corrected chi connectivity index (χ3v) is 3.48. The first kappa shape index (κ1) is 15.1. The van der Waals surface area contributed by atoms with Gasteiger partial charge in [0.2, 0.25) is 0 Å². The van der Waals surface area contributed by atoms with Crippen LogP contribution in [-0.2, 0) is 0 Å². The van der Waals surface area contributed by atoms with E-state index in [1.165, 1.54) is 0 Å². The third kappa shape index (κ3) is 3.50. The summed E-state index contributed by atoms with van der Waals surface area (Å²) >= 11 is 3.44. The number of hydrogen-bond donors (Lipinski definition) is 0. The minimum Gasteiger partial charge on any atom is -0.293 e. The smallest absolute Gasteiger partial charge is 0.180 e. The van der Waals surface area contributed by atoms with Crippen molar-refractivity contribution >= 4 is 38.7 Å². The van der Waals surface area contributed by atoms with Crippen LogP contribution in [0.25, 0.3) is 0 Å². The van der Waals surface area contributed by atoms with E-state index in [0.717, 1.165) is 16.7 Å². The van der Waals surface area contributed by atoms with Crippen molar-refractivity contribution in [3.8, 4) is 0 Å². The molecule has 0 aliphatic heterocycles. The van der Waals surface area contributed by atoms with E-state index >= 15 is 0 Å². The number of alkyl halides is 1. The van der Waals surface area contributed by atoms with Crippen molar-refractivity contribution in [1.82, 2.24) is 4.98 Å². The zero-order valence-corrected chi connectivity index (χ0v) is 13.1. The van der Waals surface area contributed by atoms with Gasteiger partial charge in [-0.2, -0.15) is 0 Å². The Labute approximate surface area is 125 Å². The molecule has 0 saturated heterocycles. The highest BCUT2D eigenvalue weighted by atomic mass is 79.9. The lowest BCUT2D eigenvalue weighted by molar-refractivity contribution is 0.0991. The highest BCUT2D eigenvalue weighted by Gasteiger charge is 2.18. The first-order chi connectivity index (χ1) is 8.18. The van der Waals surface area contributed by atoms with Crippen molar-refractivity contribution in [1.29, 1.82) is 0 Å². The van der Waals surface area contributed by atoms with Gasteiger partial charge < -0.3 is 0 Å². The van der Waals surface area contributed by atoms with Gasteiger partial charge in [-0.25, -0.2) is 0 Å². The number of aromatic nitrogens is 1. The van der Waals surface area contributed by atoms with Crippen molar-refractivity contribution in [3.05, 3.63) is 65.5 Å². The Kier molecular flexibility index (Phi) is 5.69. The minimum absolute atomic E-state index is 0. The maximum atomic E-state index is 12.2. The molecular formula is C14H13Br2NO. The van der Waals surface area contributed by atoms with Gasteiger partial charge in [-0.3, -0.25) is 9.78 Å². The minimum atomic E-state index is -0.313. The van der Waals surface area contributed by atoms with E-state index in [-0.39, 0.29) is 27.6 Å². The molecule has 94 valence electrons. The second-order valence-electron chi connectivity index (χ2n) is 3.88. The fourth-order valence-electron chi connectivity index (χ4n) is 1.63. The lowest BCUT2D eigenvalue weighted by Crippen LogP contribution is -2.07. The van der Waals surface area contributed by atoms with Gasteiger partial charge in [-0.1, -0.05) is 39.7 Å². The Morgan fingerprint density at radius 2 is 1.89 bits per heavy atom. The van der Waals surface area contributed by atoms with E-state index in [9.17, 15) is 4.79 Å². The topological polar surface area (TPSA) is 30.0 Å². The van der Waals surface area contributed by atoms with Crippen LogP contribution in [0.2, 0.25) is 0 Å². The van der Waals surface area contributed by atoms with E-state index in [2.05, 4.69) is 20.9 Å². The average molecular weight is 371 g/mol. The largest absolute Gasteiger partial charge is 0.293 e. The molecule has 1 aromatic heterocycles. The van der Waals surface area contributed by atoms with Gasteiger partial charge in [0.1, 0.15) is 4.83 Å². The lowest BCUT2D eigenvalue weighted by atomic mass is 10.0. The average Bonchev–Trinajstić information content (AvgIpc) is 2.38. The number of nitrogens with zero attached hydrogens (tertiary/aromatic N) is 1. The second kappa shape index (κ2) is 6.81. The number of rotatable bonds is 3. The van der Waals surface area contributed by atoms with E-state index in [1.807, 2.05) is 43.3 Å². The molecule has 2 nitrogen and oxygen atoms in total. The summed E-state index contributed by atoms with van der Waals surface area (Å²) in [5, 5.41) is 0. The van der Waals surface area contributed by atoms with Crippen LogP contribution in [0, 0.1) is 6.92 Å². The monoisotopic (exact) mass is 369 g/mol. The quantitative estimate of drug-likeness (QED) is 0.596. The van der Waals surface area contributed by atoms with Gasteiger partial charge in [0.15, 0.2) is 5.78 Å². The van der Waals surface area contributed by atoms with Crippen molar-refractivity contribution in [2.45, 2.75) is 11.8 Å². The Balaban J connectivity index is 0.00000162. The van der Waals surface area contributed by atoms with Crippen LogP contribution < -0.4 is 0 Å². The summed E-state index contributed by atoms with van der Waals surface area (Å²) < 4.78 is 0. The van der Waals surface area contributed by atoms with Gasteiger partial charge in [0.25, 0.3) is 0 Å². The molecule has 1 heterocycles. The SMILES string of the molecule is Br.Cc1cccc(C(=O)C(Br)c2ccncc2)c1. The molecule has 0 aliphatic rings. The van der Waals surface area contributed by atoms with Gasteiger partial charge in [-0.15, -0.1) is 17.0 Å². The molecule has 4 heteroatoms. The number of carbonyl (C=O) groups is 1. The number of pyridine rings is 1. The van der Waals surface area contributed by atoms with Crippen LogP contribution in [0.3, 0.4) is 0 Å². The van der Waals surface area contributed by atoms with E-state index in [0.29, 0.717) is 0 Å². The van der Waals surface area contributed by atoms with Crippen molar-refractivity contribution in [3.63, 3.8) is 0 Å². The van der Waals surface area contributed by atoms with Gasteiger partial charge in [0, 0.05) is 18.0 Å². The molecule has 1 aromatic carbocycles. The van der Waals surface area contributed by atoms with Crippen LogP contribution in [0.5, 0.6) is 0 Å². The first-order valence-corrected chi connectivity index (χ1v) is 6.25. The normalized spacial score (nSPS) is 11.4. The van der Waals surface area contributed by atoms with Crippen molar-refractivity contribution in [2.24, 2.45) is 0 Å². The molecule has 0 fully saturated rings. The van der Waals surface area contributed by atoms with Crippen LogP contribution in [0.15, 0.2) is 48.8 Å². The lowest BCUT2D eigenvalue weighted by Gasteiger charge is -2.09. The molecule has 0 N–H and O–H groups in total. The van der Waals surface area contributed by atoms with Crippen LogP contribution >= 0.6 is 32.9 Å². The highest BCUT2D eigenvalue weighted by Crippen LogP contribution is 2.26. The summed E-state index contributed by atoms with van der Waals surface area (Å²) in [5.74, 6) is 0.0694. The number of carbonyl (C=O) groups excluding carboxylic acids is 1. The zero-order chi connectivity index (χ0) is 12.3. The van der Waals surface area contributed by atoms with Crippen LogP contribution in [0.1, 0.15) is 26.3 Å². The summed E-state index contributed by atoms with van der Waals surface area (Å²) in [6, 6.07) is 11.3. The number of benzene rings is 1. The number of Topliss-reactive ketones (excluding diaryl/α,β-unsaturated/α-hetero) is 1. The Morgan fingerprint density at radius 3 is 2.50 bits per heavy atom. The van der Waals surface area contributed by atoms with Gasteiger partial charge in [0.05, 0.1) is 0 Å². The number of hydrogen-bond acceptors (Lipinski definition) is 2. The fourth-order valence-corrected chi connectivity index (χ4v) is 2.20. The summed E-state index contributed by atoms with van der Waals surface area (Å²) in [6.45, 7) is 1.98. The molecule has 1 atom stereocenters. The molecule has 0 amide bonds. The Bertz CT molecular complexity index is 528. The molecule has 2 aromatic rings.